The molecule has 0 aliphatic carbocycles. The Morgan fingerprint density at radius 1 is 1.17 bits per heavy atom. The molecule has 24 heavy (non-hydrogen) atoms. The van der Waals surface area contributed by atoms with E-state index in [0.717, 1.165) is 5.39 Å². The number of anilines is 1. The van der Waals surface area contributed by atoms with E-state index in [9.17, 15) is 9.59 Å². The molecule has 0 saturated heterocycles. The minimum absolute atomic E-state index is 0.221. The van der Waals surface area contributed by atoms with Crippen molar-refractivity contribution in [3.8, 4) is 0 Å². The minimum atomic E-state index is -0.347. The van der Waals surface area contributed by atoms with Crippen LogP contribution in [-0.4, -0.2) is 41.0 Å². The van der Waals surface area contributed by atoms with Crippen molar-refractivity contribution in [1.29, 1.82) is 0 Å². The fourth-order valence-electron chi connectivity index (χ4n) is 2.40. The van der Waals surface area contributed by atoms with Gasteiger partial charge in [-0.3, -0.25) is 14.7 Å². The molecule has 122 valence electrons. The first-order valence-electron chi connectivity index (χ1n) is 7.22. The highest BCUT2D eigenvalue weighted by Gasteiger charge is 2.18. The van der Waals surface area contributed by atoms with Crippen LogP contribution < -0.4 is 5.32 Å². The lowest BCUT2D eigenvalue weighted by molar-refractivity contribution is 0.0828. The summed E-state index contributed by atoms with van der Waals surface area (Å²) in [6.45, 7) is 0. The van der Waals surface area contributed by atoms with Crippen molar-refractivity contribution in [1.82, 2.24) is 15.1 Å². The van der Waals surface area contributed by atoms with Gasteiger partial charge in [-0.05, 0) is 24.3 Å². The van der Waals surface area contributed by atoms with E-state index in [-0.39, 0.29) is 11.8 Å². The van der Waals surface area contributed by atoms with E-state index in [1.54, 1.807) is 50.6 Å². The molecule has 0 saturated carbocycles. The van der Waals surface area contributed by atoms with E-state index in [1.807, 2.05) is 6.07 Å². The Morgan fingerprint density at radius 2 is 1.96 bits per heavy atom. The summed E-state index contributed by atoms with van der Waals surface area (Å²) < 4.78 is 0. The van der Waals surface area contributed by atoms with Gasteiger partial charge in [0, 0.05) is 24.5 Å². The number of rotatable bonds is 3. The normalized spacial score (nSPS) is 10.6. The molecule has 0 spiro atoms. The number of nitrogens with zero attached hydrogens (tertiary/aromatic N) is 2. The first-order chi connectivity index (χ1) is 11.5. The summed E-state index contributed by atoms with van der Waals surface area (Å²) in [6, 6.07) is 10.1. The summed E-state index contributed by atoms with van der Waals surface area (Å²) >= 11 is 6.02. The zero-order valence-corrected chi connectivity index (χ0v) is 13.9. The fraction of sp³-hybridized carbons (Fsp3) is 0.118. The van der Waals surface area contributed by atoms with E-state index in [2.05, 4.69) is 15.5 Å². The highest BCUT2D eigenvalue weighted by Crippen LogP contribution is 2.24. The smallest absolute Gasteiger partial charge is 0.257 e. The monoisotopic (exact) mass is 342 g/mol. The van der Waals surface area contributed by atoms with E-state index in [4.69, 9.17) is 11.6 Å². The second-order valence-corrected chi connectivity index (χ2v) is 5.92. The number of fused-ring (bicyclic) bond motifs is 1. The minimum Gasteiger partial charge on any atom is -0.345 e. The standard InChI is InChI=1S/C17H15ClN4O2/c1-22(2)17(24)12-7-6-11(18)8-14(12)20-16(23)13-5-3-4-10-9-19-21-15(10)13/h3-9H,1-2H3,(H,19,21)(H,20,23). The number of benzene rings is 2. The highest BCUT2D eigenvalue weighted by atomic mass is 35.5. The van der Waals surface area contributed by atoms with Crippen molar-refractivity contribution in [2.75, 3.05) is 19.4 Å². The molecular weight excluding hydrogens is 328 g/mol. The maximum absolute atomic E-state index is 12.7. The largest absolute Gasteiger partial charge is 0.345 e. The first-order valence-corrected chi connectivity index (χ1v) is 7.60. The van der Waals surface area contributed by atoms with Crippen molar-refractivity contribution < 1.29 is 9.59 Å². The van der Waals surface area contributed by atoms with Crippen molar-refractivity contribution in [2.24, 2.45) is 0 Å². The Kier molecular flexibility index (Phi) is 4.22. The maximum atomic E-state index is 12.7. The molecule has 2 aromatic carbocycles. The number of aromatic nitrogens is 2. The zero-order chi connectivity index (χ0) is 17.3. The van der Waals surface area contributed by atoms with E-state index >= 15 is 0 Å². The van der Waals surface area contributed by atoms with Gasteiger partial charge in [0.05, 0.1) is 28.5 Å². The molecule has 0 bridgehead atoms. The van der Waals surface area contributed by atoms with Gasteiger partial charge in [0.25, 0.3) is 11.8 Å². The number of para-hydroxylation sites is 1. The van der Waals surface area contributed by atoms with Crippen LogP contribution in [0.5, 0.6) is 0 Å². The van der Waals surface area contributed by atoms with Gasteiger partial charge in [-0.25, -0.2) is 0 Å². The lowest BCUT2D eigenvalue weighted by Crippen LogP contribution is -2.24. The molecule has 2 amide bonds. The van der Waals surface area contributed by atoms with Crippen LogP contribution in [0.4, 0.5) is 5.69 Å². The third-order valence-electron chi connectivity index (χ3n) is 3.59. The van der Waals surface area contributed by atoms with E-state index in [1.165, 1.54) is 4.90 Å². The van der Waals surface area contributed by atoms with Gasteiger partial charge in [-0.15, -0.1) is 0 Å². The average molecular weight is 343 g/mol. The fourth-order valence-corrected chi connectivity index (χ4v) is 2.57. The molecule has 6 nitrogen and oxygen atoms in total. The number of nitrogens with one attached hydrogen (secondary N) is 2. The van der Waals surface area contributed by atoms with Gasteiger partial charge >= 0.3 is 0 Å². The van der Waals surface area contributed by atoms with Gasteiger partial charge in [-0.2, -0.15) is 5.10 Å². The lowest BCUT2D eigenvalue weighted by Gasteiger charge is -2.15. The third kappa shape index (κ3) is 2.96. The molecule has 1 aromatic heterocycles. The van der Waals surface area contributed by atoms with Crippen LogP contribution in [0.25, 0.3) is 10.9 Å². The molecule has 0 atom stereocenters. The van der Waals surface area contributed by atoms with Crippen LogP contribution in [-0.2, 0) is 0 Å². The molecule has 0 radical (unpaired) electrons. The number of H-pyrrole nitrogens is 1. The van der Waals surface area contributed by atoms with Crippen LogP contribution in [0.1, 0.15) is 20.7 Å². The van der Waals surface area contributed by atoms with Gasteiger partial charge in [0.2, 0.25) is 0 Å². The van der Waals surface area contributed by atoms with Crippen LogP contribution in [0.15, 0.2) is 42.6 Å². The summed E-state index contributed by atoms with van der Waals surface area (Å²) in [4.78, 5) is 26.4. The Labute approximate surface area is 143 Å². The summed E-state index contributed by atoms with van der Waals surface area (Å²) in [5.74, 6) is -0.568. The second-order valence-electron chi connectivity index (χ2n) is 5.48. The summed E-state index contributed by atoms with van der Waals surface area (Å²) in [7, 11) is 3.29. The molecule has 0 aliphatic heterocycles. The molecule has 3 rings (SSSR count). The van der Waals surface area contributed by atoms with Gasteiger partial charge < -0.3 is 10.2 Å². The van der Waals surface area contributed by atoms with Gasteiger partial charge in [-0.1, -0.05) is 23.7 Å². The number of hydrogen-bond acceptors (Lipinski definition) is 3. The quantitative estimate of drug-likeness (QED) is 0.767. The average Bonchev–Trinajstić information content (AvgIpc) is 3.02. The molecule has 0 aliphatic rings. The highest BCUT2D eigenvalue weighted by molar-refractivity contribution is 6.31. The van der Waals surface area contributed by atoms with E-state index in [0.29, 0.717) is 27.4 Å². The topological polar surface area (TPSA) is 78.1 Å². The molecule has 3 aromatic rings. The predicted molar refractivity (Wildman–Crippen MR) is 93.5 cm³/mol. The molecule has 0 unspecified atom stereocenters. The molecule has 7 heteroatoms. The Balaban J connectivity index is 1.99. The Morgan fingerprint density at radius 3 is 2.71 bits per heavy atom. The van der Waals surface area contributed by atoms with Crippen molar-refractivity contribution in [3.05, 3.63) is 58.7 Å². The summed E-state index contributed by atoms with van der Waals surface area (Å²) in [6.07, 6.45) is 1.65. The summed E-state index contributed by atoms with van der Waals surface area (Å²) in [5.41, 5.74) is 1.81. The lowest BCUT2D eigenvalue weighted by atomic mass is 10.1. The van der Waals surface area contributed by atoms with Crippen LogP contribution in [0, 0.1) is 0 Å². The van der Waals surface area contributed by atoms with Crippen LogP contribution in [0.3, 0.4) is 0 Å². The Hall–Kier alpha value is -2.86. The van der Waals surface area contributed by atoms with Crippen LogP contribution in [0.2, 0.25) is 5.02 Å². The number of amides is 2. The maximum Gasteiger partial charge on any atom is 0.257 e. The molecule has 0 fully saturated rings. The van der Waals surface area contributed by atoms with Gasteiger partial charge in [0.1, 0.15) is 0 Å². The molecule has 2 N–H and O–H groups in total. The number of halogens is 1. The van der Waals surface area contributed by atoms with Crippen molar-refractivity contribution in [3.63, 3.8) is 0 Å². The predicted octanol–water partition coefficient (Wildman–Crippen LogP) is 3.17. The number of aromatic amines is 1. The third-order valence-corrected chi connectivity index (χ3v) is 3.82. The Bertz CT molecular complexity index is 933. The summed E-state index contributed by atoms with van der Waals surface area (Å²) in [5, 5.41) is 10.8. The first kappa shape index (κ1) is 16.0. The van der Waals surface area contributed by atoms with Crippen molar-refractivity contribution in [2.45, 2.75) is 0 Å². The number of hydrogen-bond donors (Lipinski definition) is 2. The second kappa shape index (κ2) is 6.33. The van der Waals surface area contributed by atoms with Gasteiger partial charge in [0.15, 0.2) is 0 Å². The number of carbonyl (C=O) groups is 2. The van der Waals surface area contributed by atoms with E-state index < -0.39 is 0 Å². The van der Waals surface area contributed by atoms with Crippen LogP contribution >= 0.6 is 11.6 Å². The molecule has 1 heterocycles. The zero-order valence-electron chi connectivity index (χ0n) is 13.1. The van der Waals surface area contributed by atoms with Crippen molar-refractivity contribution >= 4 is 40.0 Å². The number of carbonyl (C=O) groups excluding carboxylic acids is 2. The molecular formula is C17H15ClN4O2. The SMILES string of the molecule is CN(C)C(=O)c1ccc(Cl)cc1NC(=O)c1cccc2cn[nH]c12.